The lowest BCUT2D eigenvalue weighted by Gasteiger charge is -2.30. The first-order valence-corrected chi connectivity index (χ1v) is 36.2. The minimum atomic E-state index is -4.71. The number of ether oxygens (including phenoxy) is 1. The molecule has 0 aromatic heterocycles. The van der Waals surface area contributed by atoms with Gasteiger partial charge in [-0.2, -0.15) is 0 Å². The van der Waals surface area contributed by atoms with Gasteiger partial charge in [0.15, 0.2) is 0 Å². The average molecular weight is 1170 g/mol. The van der Waals surface area contributed by atoms with Gasteiger partial charge in [-0.1, -0.05) is 306 Å². The maximum Gasteiger partial charge on any atom is 0.306 e. The highest BCUT2D eigenvalue weighted by Crippen LogP contribution is 2.38. The lowest BCUT2D eigenvalue weighted by molar-refractivity contribution is -0.870. The zero-order chi connectivity index (χ0) is 60.0. The van der Waals surface area contributed by atoms with Crippen molar-refractivity contribution >= 4 is 19.7 Å². The van der Waals surface area contributed by atoms with Crippen LogP contribution in [0.3, 0.4) is 0 Å². The number of carbonyl (C=O) groups excluding carboxylic acids is 2. The highest BCUT2D eigenvalue weighted by atomic mass is 31.2. The van der Waals surface area contributed by atoms with Gasteiger partial charge >= 0.3 is 5.97 Å². The third-order valence-electron chi connectivity index (χ3n) is 15.4. The summed E-state index contributed by atoms with van der Waals surface area (Å²) in [6.07, 6.45) is 80.2. The van der Waals surface area contributed by atoms with Crippen LogP contribution in [-0.4, -0.2) is 69.4 Å². The number of likely N-dealkylation sites (N-methyl/N-ethyl adjacent to an activating group) is 1. The van der Waals surface area contributed by atoms with Crippen molar-refractivity contribution in [2.75, 3.05) is 40.9 Å². The molecule has 0 rings (SSSR count). The molecule has 0 aromatic carbocycles. The summed E-state index contributed by atoms with van der Waals surface area (Å²) in [4.78, 5) is 40.2. The van der Waals surface area contributed by atoms with E-state index in [0.717, 1.165) is 103 Å². The zero-order valence-corrected chi connectivity index (χ0v) is 55.6. The molecule has 0 radical (unpaired) electrons. The monoisotopic (exact) mass is 1170 g/mol. The number of phosphoric ester groups is 1. The van der Waals surface area contributed by atoms with Crippen LogP contribution in [0.25, 0.3) is 0 Å². The second-order valence-electron chi connectivity index (χ2n) is 24.7. The molecule has 0 fully saturated rings. The van der Waals surface area contributed by atoms with E-state index >= 15 is 0 Å². The number of allylic oxidation sites excluding steroid dienone is 11. The molecule has 10 heteroatoms. The Morgan fingerprint density at radius 2 is 0.780 bits per heavy atom. The fraction of sp³-hybridized carbons (Fsp3) is 0.806. The number of hydrogen-bond donors (Lipinski definition) is 1. The van der Waals surface area contributed by atoms with Crippen molar-refractivity contribution in [3.63, 3.8) is 0 Å². The first-order valence-electron chi connectivity index (χ1n) is 34.7. The van der Waals surface area contributed by atoms with Gasteiger partial charge in [0.25, 0.3) is 7.82 Å². The van der Waals surface area contributed by atoms with E-state index in [1.807, 2.05) is 33.3 Å². The highest BCUT2D eigenvalue weighted by molar-refractivity contribution is 7.45. The number of hydrogen-bond acceptors (Lipinski definition) is 7. The number of esters is 1. The Hall–Kier alpha value is -2.55. The molecular formula is C72H133N2O7P. The van der Waals surface area contributed by atoms with E-state index in [1.165, 1.54) is 186 Å². The Kier molecular flexibility index (Phi) is 59.6. The molecule has 9 nitrogen and oxygen atoms in total. The molecular weight excluding hydrogens is 1040 g/mol. The van der Waals surface area contributed by atoms with E-state index in [2.05, 4.69) is 86.8 Å². The molecule has 82 heavy (non-hydrogen) atoms. The summed E-state index contributed by atoms with van der Waals surface area (Å²) in [5, 5.41) is 3.04. The van der Waals surface area contributed by atoms with Crippen molar-refractivity contribution in [2.24, 2.45) is 0 Å². The molecule has 0 aliphatic rings. The topological polar surface area (TPSA) is 114 Å². The van der Waals surface area contributed by atoms with Crippen molar-refractivity contribution in [1.29, 1.82) is 0 Å². The lowest BCUT2D eigenvalue weighted by atomic mass is 10.0. The fourth-order valence-corrected chi connectivity index (χ4v) is 10.8. The summed E-state index contributed by atoms with van der Waals surface area (Å²) < 4.78 is 30.4. The molecule has 0 aliphatic heterocycles. The number of phosphoric acid groups is 1. The van der Waals surface area contributed by atoms with Crippen molar-refractivity contribution in [1.82, 2.24) is 5.32 Å². The molecule has 0 spiro atoms. The number of amides is 1. The van der Waals surface area contributed by atoms with Gasteiger partial charge < -0.3 is 28.5 Å². The van der Waals surface area contributed by atoms with Crippen LogP contribution >= 0.6 is 7.82 Å². The fourth-order valence-electron chi connectivity index (χ4n) is 10.1. The third-order valence-corrected chi connectivity index (χ3v) is 16.4. The van der Waals surface area contributed by atoms with E-state index in [-0.39, 0.29) is 24.9 Å². The van der Waals surface area contributed by atoms with Crippen LogP contribution in [0.2, 0.25) is 0 Å². The summed E-state index contributed by atoms with van der Waals surface area (Å²) in [5.74, 6) is -0.543. The predicted octanol–water partition coefficient (Wildman–Crippen LogP) is 21.3. The molecule has 3 unspecified atom stereocenters. The van der Waals surface area contributed by atoms with E-state index < -0.39 is 26.6 Å². The zero-order valence-electron chi connectivity index (χ0n) is 54.7. The van der Waals surface area contributed by atoms with Crippen LogP contribution in [-0.2, 0) is 27.9 Å². The molecule has 478 valence electrons. The standard InChI is InChI=1S/C72H133N2O7P/c1-7-10-13-16-19-22-25-28-30-32-34-36-37-39-40-42-44-46-49-52-55-58-61-64-71(75)73-69(68-80-82(77,78)79-67-66-74(4,5)6)70(63-60-57-54-51-48-27-24-21-18-15-12-9-3)81-72(76)65-62-59-56-53-50-47-45-43-41-38-35-33-31-29-26-23-20-17-14-11-8-2/h10,13,19,22,28,30,34,36,39-40,60,63,69-70H,7-9,11-12,14-18,20-21,23-27,29,31-33,35,37-38,41-59,61-62,64-68H2,1-6H3,(H-,73,75,77,78)/b13-10-,22-19-,30-28-,36-34-,40-39-,63-60+. The molecule has 0 aliphatic carbocycles. The molecule has 0 saturated carbocycles. The van der Waals surface area contributed by atoms with Crippen LogP contribution in [0.5, 0.6) is 0 Å². The molecule has 1 N–H and O–H groups in total. The van der Waals surface area contributed by atoms with E-state index in [4.69, 9.17) is 13.8 Å². The van der Waals surface area contributed by atoms with Crippen LogP contribution in [0.15, 0.2) is 72.9 Å². The molecule has 0 heterocycles. The normalized spacial score (nSPS) is 14.0. The third kappa shape index (κ3) is 62.0. The van der Waals surface area contributed by atoms with Gasteiger partial charge in [0, 0.05) is 12.8 Å². The smallest absolute Gasteiger partial charge is 0.306 e. The minimum Gasteiger partial charge on any atom is -0.756 e. The van der Waals surface area contributed by atoms with Crippen LogP contribution in [0.4, 0.5) is 0 Å². The average Bonchev–Trinajstić information content (AvgIpc) is 3.47. The number of nitrogens with one attached hydrogen (secondary N) is 1. The van der Waals surface area contributed by atoms with Crippen LogP contribution in [0.1, 0.15) is 323 Å². The number of quaternary nitrogens is 1. The molecule has 0 aromatic rings. The first kappa shape index (κ1) is 79.5. The predicted molar refractivity (Wildman–Crippen MR) is 353 cm³/mol. The minimum absolute atomic E-state index is 0.0255. The van der Waals surface area contributed by atoms with Crippen LogP contribution < -0.4 is 10.2 Å². The molecule has 0 bridgehead atoms. The van der Waals surface area contributed by atoms with Gasteiger partial charge in [-0.25, -0.2) is 0 Å². The Balaban J connectivity index is 5.12. The van der Waals surface area contributed by atoms with Gasteiger partial charge in [-0.3, -0.25) is 14.2 Å². The Morgan fingerprint density at radius 3 is 1.17 bits per heavy atom. The van der Waals surface area contributed by atoms with Gasteiger partial charge in [-0.05, 0) is 76.7 Å². The quantitative estimate of drug-likeness (QED) is 0.0212. The van der Waals surface area contributed by atoms with E-state index in [9.17, 15) is 19.0 Å². The number of rotatable bonds is 63. The number of carbonyl (C=O) groups is 2. The SMILES string of the molecule is CC/C=C\C/C=C\C/C=C\C/C=C\C/C=C\CCCCCCCCCC(=O)NC(COP(=O)([O-])OCC[N+](C)(C)C)C(/C=C/CCCCCCCCCCCC)OC(=O)CCCCCCCCCCCCCCCCCCCCCCC. The van der Waals surface area contributed by atoms with Crippen LogP contribution in [0, 0.1) is 0 Å². The van der Waals surface area contributed by atoms with Crippen molar-refractivity contribution < 1.29 is 37.3 Å². The number of nitrogens with zero attached hydrogens (tertiary/aromatic N) is 1. The number of unbranched alkanes of at least 4 members (excludes halogenated alkanes) is 37. The lowest BCUT2D eigenvalue weighted by Crippen LogP contribution is -2.47. The molecule has 0 saturated heterocycles. The maximum absolute atomic E-state index is 13.6. The van der Waals surface area contributed by atoms with Crippen molar-refractivity contribution in [2.45, 2.75) is 335 Å². The Morgan fingerprint density at radius 1 is 0.439 bits per heavy atom. The summed E-state index contributed by atoms with van der Waals surface area (Å²) in [6.45, 7) is 6.76. The van der Waals surface area contributed by atoms with Crippen molar-refractivity contribution in [3.8, 4) is 0 Å². The Bertz CT molecular complexity index is 1630. The second kappa shape index (κ2) is 61.5. The van der Waals surface area contributed by atoms with Gasteiger partial charge in [0.2, 0.25) is 5.91 Å². The van der Waals surface area contributed by atoms with Gasteiger partial charge in [0.05, 0.1) is 33.8 Å². The summed E-state index contributed by atoms with van der Waals surface area (Å²) >= 11 is 0. The highest BCUT2D eigenvalue weighted by Gasteiger charge is 2.27. The van der Waals surface area contributed by atoms with Gasteiger partial charge in [0.1, 0.15) is 19.3 Å². The van der Waals surface area contributed by atoms with E-state index in [0.29, 0.717) is 17.4 Å². The Labute approximate surface area is 508 Å². The maximum atomic E-state index is 13.6. The largest absolute Gasteiger partial charge is 0.756 e. The second-order valence-corrected chi connectivity index (χ2v) is 26.1. The summed E-state index contributed by atoms with van der Waals surface area (Å²) in [5.41, 5.74) is 0. The van der Waals surface area contributed by atoms with Crippen molar-refractivity contribution in [3.05, 3.63) is 72.9 Å². The summed E-state index contributed by atoms with van der Waals surface area (Å²) in [6, 6.07) is -0.896. The summed E-state index contributed by atoms with van der Waals surface area (Å²) in [7, 11) is 1.18. The first-order chi connectivity index (χ1) is 39.9. The van der Waals surface area contributed by atoms with E-state index in [1.54, 1.807) is 0 Å². The molecule has 1 amide bonds. The van der Waals surface area contributed by atoms with Gasteiger partial charge in [-0.15, -0.1) is 0 Å². The molecule has 3 atom stereocenters.